The van der Waals surface area contributed by atoms with E-state index in [0.29, 0.717) is 5.75 Å². The van der Waals surface area contributed by atoms with Crippen LogP contribution in [-0.2, 0) is 9.59 Å². The summed E-state index contributed by atoms with van der Waals surface area (Å²) >= 11 is 1.57. The van der Waals surface area contributed by atoms with E-state index in [1.165, 1.54) is 0 Å². The van der Waals surface area contributed by atoms with Crippen LogP contribution in [0.3, 0.4) is 0 Å². The van der Waals surface area contributed by atoms with Crippen molar-refractivity contribution in [1.82, 2.24) is 14.7 Å². The number of rotatable bonds is 4. The first-order chi connectivity index (χ1) is 12.0. The minimum atomic E-state index is -0.446. The molecule has 2 amide bonds. The second-order valence-corrected chi connectivity index (χ2v) is 7.61. The van der Waals surface area contributed by atoms with Crippen molar-refractivity contribution in [3.05, 3.63) is 29.8 Å². The number of carbonyl (C=O) groups excluding carboxylic acids is 2. The zero-order valence-electron chi connectivity index (χ0n) is 15.0. The van der Waals surface area contributed by atoms with E-state index in [1.54, 1.807) is 23.8 Å². The second-order valence-electron chi connectivity index (χ2n) is 6.54. The SMILES string of the molecule is COc1ccc([C@H]2SCC(=O)N2[C@@H](C)C(=O)N2CCN(C)CC2)cc1. The van der Waals surface area contributed by atoms with E-state index in [2.05, 4.69) is 11.9 Å². The first-order valence-corrected chi connectivity index (χ1v) is 9.60. The largest absolute Gasteiger partial charge is 0.497 e. The van der Waals surface area contributed by atoms with Crippen LogP contribution in [0.5, 0.6) is 5.75 Å². The van der Waals surface area contributed by atoms with Gasteiger partial charge in [0.1, 0.15) is 17.2 Å². The van der Waals surface area contributed by atoms with Crippen LogP contribution < -0.4 is 4.74 Å². The molecule has 2 atom stereocenters. The molecule has 2 saturated heterocycles. The van der Waals surface area contributed by atoms with Crippen LogP contribution in [0.15, 0.2) is 24.3 Å². The zero-order chi connectivity index (χ0) is 18.0. The Morgan fingerprint density at radius 1 is 1.20 bits per heavy atom. The van der Waals surface area contributed by atoms with Crippen molar-refractivity contribution in [2.24, 2.45) is 0 Å². The number of ether oxygens (including phenoxy) is 1. The maximum absolute atomic E-state index is 12.9. The highest BCUT2D eigenvalue weighted by atomic mass is 32.2. The number of hydrogen-bond acceptors (Lipinski definition) is 5. The van der Waals surface area contributed by atoms with Crippen LogP contribution in [0, 0.1) is 0 Å². The molecule has 1 aromatic rings. The van der Waals surface area contributed by atoms with Gasteiger partial charge in [0.25, 0.3) is 0 Å². The maximum atomic E-state index is 12.9. The lowest BCUT2D eigenvalue weighted by Gasteiger charge is -2.37. The van der Waals surface area contributed by atoms with Gasteiger partial charge in [0.15, 0.2) is 0 Å². The molecule has 0 N–H and O–H groups in total. The summed E-state index contributed by atoms with van der Waals surface area (Å²) in [6, 6.07) is 7.27. The lowest BCUT2D eigenvalue weighted by Crippen LogP contribution is -2.54. The van der Waals surface area contributed by atoms with E-state index in [0.717, 1.165) is 37.5 Å². The van der Waals surface area contributed by atoms with Gasteiger partial charge in [-0.1, -0.05) is 12.1 Å². The Labute approximate surface area is 153 Å². The lowest BCUT2D eigenvalue weighted by atomic mass is 10.1. The van der Waals surface area contributed by atoms with E-state index in [4.69, 9.17) is 4.74 Å². The van der Waals surface area contributed by atoms with Gasteiger partial charge in [-0.2, -0.15) is 0 Å². The number of methoxy groups -OCH3 is 1. The topological polar surface area (TPSA) is 53.1 Å². The monoisotopic (exact) mass is 363 g/mol. The lowest BCUT2D eigenvalue weighted by molar-refractivity contribution is -0.145. The second kappa shape index (κ2) is 7.66. The van der Waals surface area contributed by atoms with Gasteiger partial charge in [0.05, 0.1) is 12.9 Å². The van der Waals surface area contributed by atoms with Crippen molar-refractivity contribution >= 4 is 23.6 Å². The average molecular weight is 363 g/mol. The van der Waals surface area contributed by atoms with Gasteiger partial charge >= 0.3 is 0 Å². The number of nitrogens with zero attached hydrogens (tertiary/aromatic N) is 3. The highest BCUT2D eigenvalue weighted by molar-refractivity contribution is 8.00. The minimum Gasteiger partial charge on any atom is -0.497 e. The number of hydrogen-bond donors (Lipinski definition) is 0. The van der Waals surface area contributed by atoms with Crippen molar-refractivity contribution < 1.29 is 14.3 Å². The van der Waals surface area contributed by atoms with Crippen LogP contribution >= 0.6 is 11.8 Å². The van der Waals surface area contributed by atoms with E-state index in [9.17, 15) is 9.59 Å². The molecule has 2 aliphatic heterocycles. The van der Waals surface area contributed by atoms with E-state index < -0.39 is 6.04 Å². The third-order valence-electron chi connectivity index (χ3n) is 4.90. The van der Waals surface area contributed by atoms with Crippen molar-refractivity contribution in [2.45, 2.75) is 18.3 Å². The smallest absolute Gasteiger partial charge is 0.245 e. The first kappa shape index (κ1) is 18.1. The molecule has 0 bridgehead atoms. The highest BCUT2D eigenvalue weighted by Gasteiger charge is 2.40. The van der Waals surface area contributed by atoms with Gasteiger partial charge in [0, 0.05) is 26.2 Å². The summed E-state index contributed by atoms with van der Waals surface area (Å²) in [4.78, 5) is 31.2. The van der Waals surface area contributed by atoms with Crippen LogP contribution in [0.2, 0.25) is 0 Å². The molecule has 2 heterocycles. The van der Waals surface area contributed by atoms with Crippen LogP contribution in [-0.4, -0.2) is 78.6 Å². The molecule has 3 rings (SSSR count). The Kier molecular flexibility index (Phi) is 5.54. The Bertz CT molecular complexity index is 629. The zero-order valence-corrected chi connectivity index (χ0v) is 15.8. The maximum Gasteiger partial charge on any atom is 0.245 e. The molecule has 2 aliphatic rings. The molecule has 0 aromatic heterocycles. The normalized spacial score (nSPS) is 23.0. The standard InChI is InChI=1S/C18H25N3O3S/c1-13(17(23)20-10-8-19(2)9-11-20)21-16(22)12-25-18(21)14-4-6-15(24-3)7-5-14/h4-7,13,18H,8-12H2,1-3H3/t13-,18+/m0/s1. The van der Waals surface area contributed by atoms with Gasteiger partial charge in [-0.15, -0.1) is 11.8 Å². The first-order valence-electron chi connectivity index (χ1n) is 8.55. The number of carbonyl (C=O) groups is 2. The molecule has 0 aliphatic carbocycles. The van der Waals surface area contributed by atoms with Crippen molar-refractivity contribution in [2.75, 3.05) is 46.1 Å². The summed E-state index contributed by atoms with van der Waals surface area (Å²) in [5, 5.41) is -0.121. The molecule has 0 unspecified atom stereocenters. The van der Waals surface area contributed by atoms with Gasteiger partial charge in [-0.3, -0.25) is 9.59 Å². The van der Waals surface area contributed by atoms with Gasteiger partial charge in [-0.05, 0) is 31.7 Å². The fourth-order valence-corrected chi connectivity index (χ4v) is 4.55. The third-order valence-corrected chi connectivity index (χ3v) is 6.12. The Hall–Kier alpha value is -1.73. The van der Waals surface area contributed by atoms with Gasteiger partial charge in [-0.25, -0.2) is 0 Å². The average Bonchev–Trinajstić information content (AvgIpc) is 3.02. The fourth-order valence-electron chi connectivity index (χ4n) is 3.29. The van der Waals surface area contributed by atoms with Gasteiger partial charge < -0.3 is 19.4 Å². The molecular weight excluding hydrogens is 338 g/mol. The van der Waals surface area contributed by atoms with E-state index >= 15 is 0 Å². The number of amides is 2. The summed E-state index contributed by atoms with van der Waals surface area (Å²) in [6.07, 6.45) is 0. The van der Waals surface area contributed by atoms with Crippen LogP contribution in [0.25, 0.3) is 0 Å². The summed E-state index contributed by atoms with van der Waals surface area (Å²) in [6.45, 7) is 5.05. The molecule has 0 spiro atoms. The summed E-state index contributed by atoms with van der Waals surface area (Å²) < 4.78 is 5.20. The number of benzene rings is 1. The number of piperazine rings is 1. The Morgan fingerprint density at radius 2 is 1.84 bits per heavy atom. The Morgan fingerprint density at radius 3 is 2.44 bits per heavy atom. The molecule has 7 heteroatoms. The van der Waals surface area contributed by atoms with E-state index in [-0.39, 0.29) is 17.2 Å². The molecule has 25 heavy (non-hydrogen) atoms. The predicted molar refractivity (Wildman–Crippen MR) is 98.6 cm³/mol. The highest BCUT2D eigenvalue weighted by Crippen LogP contribution is 2.40. The van der Waals surface area contributed by atoms with E-state index in [1.807, 2.05) is 36.1 Å². The van der Waals surface area contributed by atoms with Crippen LogP contribution in [0.4, 0.5) is 0 Å². The van der Waals surface area contributed by atoms with Crippen molar-refractivity contribution in [3.8, 4) is 5.75 Å². The number of thioether (sulfide) groups is 1. The summed E-state index contributed by atoms with van der Waals surface area (Å²) in [5.74, 6) is 1.27. The molecule has 6 nitrogen and oxygen atoms in total. The molecule has 0 radical (unpaired) electrons. The predicted octanol–water partition coefficient (Wildman–Crippen LogP) is 1.43. The minimum absolute atomic E-state index is 0.0285. The Balaban J connectivity index is 1.75. The molecule has 2 fully saturated rings. The number of likely N-dealkylation sites (N-methyl/N-ethyl adjacent to an activating group) is 1. The molecule has 136 valence electrons. The summed E-state index contributed by atoms with van der Waals surface area (Å²) in [5.41, 5.74) is 1.02. The molecule has 1 aromatic carbocycles. The molecule has 0 saturated carbocycles. The van der Waals surface area contributed by atoms with Crippen molar-refractivity contribution in [3.63, 3.8) is 0 Å². The molecular formula is C18H25N3O3S. The van der Waals surface area contributed by atoms with Gasteiger partial charge in [0.2, 0.25) is 11.8 Å². The third kappa shape index (κ3) is 3.77. The fraction of sp³-hybridized carbons (Fsp3) is 0.556. The van der Waals surface area contributed by atoms with Crippen LogP contribution in [0.1, 0.15) is 17.9 Å². The quantitative estimate of drug-likeness (QED) is 0.810. The van der Waals surface area contributed by atoms with Crippen molar-refractivity contribution in [1.29, 1.82) is 0 Å². The summed E-state index contributed by atoms with van der Waals surface area (Å²) in [7, 11) is 3.69.